The molecule has 3 aliphatic rings. The van der Waals surface area contributed by atoms with Crippen molar-refractivity contribution in [2.24, 2.45) is 5.92 Å². The molecule has 0 aliphatic carbocycles. The predicted molar refractivity (Wildman–Crippen MR) is 125 cm³/mol. The average Bonchev–Trinajstić information content (AvgIpc) is 2.77. The third kappa shape index (κ3) is 4.49. The van der Waals surface area contributed by atoms with Crippen LogP contribution in [0.1, 0.15) is 36.4 Å². The molecule has 2 fully saturated rings. The average molecular weight is 459 g/mol. The summed E-state index contributed by atoms with van der Waals surface area (Å²) >= 11 is 0. The van der Waals surface area contributed by atoms with Crippen molar-refractivity contribution in [1.82, 2.24) is 4.57 Å². The zero-order chi connectivity index (χ0) is 22.3. The molecule has 0 saturated carbocycles. The molecular weight excluding hydrogens is 424 g/mol. The molecular formula is C24H34N4O3S+2. The zero-order valence-corrected chi connectivity index (χ0v) is 19.5. The van der Waals surface area contributed by atoms with Crippen LogP contribution in [-0.2, 0) is 22.3 Å². The maximum Gasteiger partial charge on any atom is 0.275 e. The molecule has 32 heavy (non-hydrogen) atoms. The highest BCUT2D eigenvalue weighted by molar-refractivity contribution is 7.91. The highest BCUT2D eigenvalue weighted by atomic mass is 32.2. The van der Waals surface area contributed by atoms with Crippen molar-refractivity contribution in [1.29, 1.82) is 0 Å². The second-order valence-electron chi connectivity index (χ2n) is 10.0. The summed E-state index contributed by atoms with van der Waals surface area (Å²) in [5.41, 5.74) is 1.73. The van der Waals surface area contributed by atoms with Crippen LogP contribution >= 0.6 is 0 Å². The quantitative estimate of drug-likeness (QED) is 0.564. The molecule has 0 amide bonds. The lowest BCUT2D eigenvalue weighted by Gasteiger charge is -2.44. The number of rotatable bonds is 5. The van der Waals surface area contributed by atoms with Crippen molar-refractivity contribution >= 4 is 15.7 Å². The Balaban J connectivity index is 1.33. The van der Waals surface area contributed by atoms with Gasteiger partial charge in [0.2, 0.25) is 10.0 Å². The van der Waals surface area contributed by atoms with Gasteiger partial charge in [-0.2, -0.15) is 0 Å². The van der Waals surface area contributed by atoms with E-state index in [9.17, 15) is 13.2 Å². The third-order valence-corrected chi connectivity index (χ3v) is 8.87. The number of sulfonamides is 1. The standard InChI is InChI=1S/C24H32N4O3S/c1-26-11-9-21(10-12-26)27-14-19-13-20(16-27)23-8-7-22(24(29)28(23)15-19)25-32(30,31)17-18-5-3-2-4-6-18/h2-8,19-21,25H,9-17H2,1H3/p+2/t19-,20+/m0/s1. The molecule has 3 atom stereocenters. The number of anilines is 1. The van der Waals surface area contributed by atoms with E-state index in [-0.39, 0.29) is 17.0 Å². The lowest BCUT2D eigenvalue weighted by Crippen LogP contribution is -3.21. The van der Waals surface area contributed by atoms with E-state index < -0.39 is 10.0 Å². The number of pyridine rings is 1. The molecule has 3 N–H and O–H groups in total. The van der Waals surface area contributed by atoms with Crippen molar-refractivity contribution in [2.45, 2.75) is 43.5 Å². The van der Waals surface area contributed by atoms with Gasteiger partial charge in [0, 0.05) is 36.9 Å². The molecule has 7 nitrogen and oxygen atoms in total. The largest absolute Gasteiger partial charge is 0.337 e. The van der Waals surface area contributed by atoms with Crippen LogP contribution in [0.25, 0.3) is 0 Å². The number of likely N-dealkylation sites (tertiary alicyclic amines) is 2. The minimum Gasteiger partial charge on any atom is -0.337 e. The predicted octanol–water partition coefficient (Wildman–Crippen LogP) is -0.531. The van der Waals surface area contributed by atoms with Gasteiger partial charge in [0.1, 0.15) is 5.69 Å². The molecule has 172 valence electrons. The summed E-state index contributed by atoms with van der Waals surface area (Å²) in [5.74, 6) is 0.723. The van der Waals surface area contributed by atoms with Gasteiger partial charge in [0.25, 0.3) is 5.56 Å². The Bertz CT molecular complexity index is 1120. The monoisotopic (exact) mass is 458 g/mol. The van der Waals surface area contributed by atoms with Gasteiger partial charge in [0.05, 0.1) is 45.0 Å². The first kappa shape index (κ1) is 21.7. The van der Waals surface area contributed by atoms with Crippen molar-refractivity contribution in [3.8, 4) is 0 Å². The number of quaternary nitrogens is 2. The van der Waals surface area contributed by atoms with Crippen molar-refractivity contribution < 1.29 is 18.2 Å². The molecule has 8 heteroatoms. The number of benzene rings is 1. The van der Waals surface area contributed by atoms with Crippen LogP contribution in [0.15, 0.2) is 47.3 Å². The molecule has 1 aromatic heterocycles. The molecule has 2 aromatic rings. The summed E-state index contributed by atoms with van der Waals surface area (Å²) < 4.78 is 29.7. The Morgan fingerprint density at radius 3 is 2.56 bits per heavy atom. The van der Waals surface area contributed by atoms with E-state index in [2.05, 4.69) is 11.8 Å². The lowest BCUT2D eigenvalue weighted by molar-refractivity contribution is -0.959. The maximum atomic E-state index is 13.2. The highest BCUT2D eigenvalue weighted by Gasteiger charge is 2.41. The zero-order valence-electron chi connectivity index (χ0n) is 18.7. The summed E-state index contributed by atoms with van der Waals surface area (Å²) in [4.78, 5) is 16.6. The van der Waals surface area contributed by atoms with Gasteiger partial charge in [-0.1, -0.05) is 30.3 Å². The Labute approximate surface area is 190 Å². The van der Waals surface area contributed by atoms with Crippen LogP contribution in [0, 0.1) is 5.92 Å². The molecule has 2 bridgehead atoms. The second-order valence-corrected chi connectivity index (χ2v) is 11.8. The van der Waals surface area contributed by atoms with Gasteiger partial charge in [-0.05, 0) is 24.1 Å². The summed E-state index contributed by atoms with van der Waals surface area (Å²) in [5, 5.41) is 0. The van der Waals surface area contributed by atoms with Crippen LogP contribution in [0.3, 0.4) is 0 Å². The van der Waals surface area contributed by atoms with E-state index in [4.69, 9.17) is 0 Å². The molecule has 4 heterocycles. The SMILES string of the molecule is C[NH+]1CCC([NH+]2C[C@@H]3C[C@H](C2)c2ccc(NS(=O)(=O)Cc4ccccc4)c(=O)n2C3)CC1. The fourth-order valence-electron chi connectivity index (χ4n) is 6.03. The number of fused-ring (bicyclic) bond motifs is 4. The third-order valence-electron chi connectivity index (χ3n) is 7.63. The Kier molecular flexibility index (Phi) is 5.86. The summed E-state index contributed by atoms with van der Waals surface area (Å²) in [6.45, 7) is 5.41. The van der Waals surface area contributed by atoms with E-state index in [0.29, 0.717) is 23.9 Å². The second kappa shape index (κ2) is 8.65. The number of hydrogen-bond acceptors (Lipinski definition) is 3. The van der Waals surface area contributed by atoms with E-state index in [0.717, 1.165) is 31.2 Å². The van der Waals surface area contributed by atoms with Gasteiger partial charge in [-0.3, -0.25) is 9.52 Å². The van der Waals surface area contributed by atoms with Crippen molar-refractivity contribution in [3.05, 3.63) is 64.1 Å². The van der Waals surface area contributed by atoms with Crippen LogP contribution in [0.2, 0.25) is 0 Å². The first-order valence-corrected chi connectivity index (χ1v) is 13.5. The topological polar surface area (TPSA) is 77.1 Å². The van der Waals surface area contributed by atoms with Crippen LogP contribution < -0.4 is 20.1 Å². The number of nitrogens with one attached hydrogen (secondary N) is 3. The summed E-state index contributed by atoms with van der Waals surface area (Å²) in [6, 6.07) is 13.4. The maximum absolute atomic E-state index is 13.2. The lowest BCUT2D eigenvalue weighted by atomic mass is 9.82. The molecule has 0 radical (unpaired) electrons. The molecule has 5 rings (SSSR count). The fourth-order valence-corrected chi connectivity index (χ4v) is 7.22. The van der Waals surface area contributed by atoms with Gasteiger partial charge in [-0.25, -0.2) is 8.42 Å². The smallest absolute Gasteiger partial charge is 0.275 e. The number of nitrogens with zero attached hydrogens (tertiary/aromatic N) is 1. The number of aromatic nitrogens is 1. The van der Waals surface area contributed by atoms with Gasteiger partial charge >= 0.3 is 0 Å². The van der Waals surface area contributed by atoms with E-state index in [1.807, 2.05) is 28.8 Å². The first-order chi connectivity index (χ1) is 15.4. The van der Waals surface area contributed by atoms with Gasteiger partial charge in [0.15, 0.2) is 0 Å². The minimum atomic E-state index is -3.65. The Morgan fingerprint density at radius 1 is 1.06 bits per heavy atom. The van der Waals surface area contributed by atoms with Gasteiger partial charge in [-0.15, -0.1) is 0 Å². The first-order valence-electron chi connectivity index (χ1n) is 11.8. The normalized spacial score (nSPS) is 29.8. The Hall–Kier alpha value is -2.16. The fraction of sp³-hybridized carbons (Fsp3) is 0.542. The van der Waals surface area contributed by atoms with E-state index in [1.54, 1.807) is 28.0 Å². The van der Waals surface area contributed by atoms with E-state index >= 15 is 0 Å². The van der Waals surface area contributed by atoms with Crippen molar-refractivity contribution in [2.75, 3.05) is 37.9 Å². The molecule has 2 saturated heterocycles. The van der Waals surface area contributed by atoms with Crippen LogP contribution in [0.4, 0.5) is 5.69 Å². The van der Waals surface area contributed by atoms with Gasteiger partial charge < -0.3 is 14.4 Å². The minimum absolute atomic E-state index is 0.142. The Morgan fingerprint density at radius 2 is 1.81 bits per heavy atom. The molecule has 1 unspecified atom stereocenters. The summed E-state index contributed by atoms with van der Waals surface area (Å²) in [7, 11) is -1.37. The number of piperidine rings is 2. The van der Waals surface area contributed by atoms with Crippen LogP contribution in [-0.4, -0.2) is 52.3 Å². The number of hydrogen-bond donors (Lipinski definition) is 3. The molecule has 3 aliphatic heterocycles. The van der Waals surface area contributed by atoms with E-state index in [1.165, 1.54) is 25.9 Å². The van der Waals surface area contributed by atoms with Crippen molar-refractivity contribution in [3.63, 3.8) is 0 Å². The highest BCUT2D eigenvalue weighted by Crippen LogP contribution is 2.31. The molecule has 1 aromatic carbocycles. The molecule has 0 spiro atoms. The van der Waals surface area contributed by atoms with Crippen LogP contribution in [0.5, 0.6) is 0 Å². The summed E-state index contributed by atoms with van der Waals surface area (Å²) in [6.07, 6.45) is 3.71.